The maximum Gasteiger partial charge on any atom is 0.0991 e. The Morgan fingerprint density at radius 1 is 0.850 bits per heavy atom. The summed E-state index contributed by atoms with van der Waals surface area (Å²) in [4.78, 5) is 0. The van der Waals surface area contributed by atoms with E-state index < -0.39 is 0 Å². The molecule has 1 heteroatoms. The second kappa shape index (κ2) is 16.3. The molecule has 0 radical (unpaired) electrons. The minimum Gasteiger partial charge on any atom is -0.192 e. The molecule has 0 aliphatic heterocycles. The smallest absolute Gasteiger partial charge is 0.0991 e. The summed E-state index contributed by atoms with van der Waals surface area (Å²) in [7, 11) is 0. The molecule has 6 aromatic rings. The zero-order chi connectivity index (χ0) is 41.5. The van der Waals surface area contributed by atoms with E-state index in [1.807, 2.05) is 12.1 Å². The van der Waals surface area contributed by atoms with Crippen LogP contribution in [0, 0.1) is 17.2 Å². The van der Waals surface area contributed by atoms with Gasteiger partial charge in [-0.25, -0.2) is 0 Å². The van der Waals surface area contributed by atoms with E-state index in [1.165, 1.54) is 99.5 Å². The molecule has 9 rings (SSSR count). The molecule has 0 spiro atoms. The van der Waals surface area contributed by atoms with Gasteiger partial charge in [0.15, 0.2) is 0 Å². The summed E-state index contributed by atoms with van der Waals surface area (Å²) in [5.41, 5.74) is 20.4. The van der Waals surface area contributed by atoms with Crippen LogP contribution in [0.2, 0.25) is 0 Å². The predicted molar refractivity (Wildman–Crippen MR) is 257 cm³/mol. The van der Waals surface area contributed by atoms with Gasteiger partial charge in [-0.05, 0) is 162 Å². The molecule has 294 valence electrons. The standard InChI is InChI=1S/C59H53N/c1-7-8-17-39(5)55-51-23-15-12-20-46-40(6)47(31-30-44(46)33-38(4)34-45(32-37(2)3)42-28-26-41(36-60)27-29-42)58(51)56(43-18-10-9-11-19-43)59-52-25-16-24-50-48-21-13-14-22-49(48)53(57(50)52)35-54(55)59/h8-22,24-30,32,34-35,37,39,47H,6-7,23,31,33H2,1-5H3/b15-12-,17-8-,38-34-,45-32+,46-20+. The van der Waals surface area contributed by atoms with Gasteiger partial charge in [0, 0.05) is 5.92 Å². The van der Waals surface area contributed by atoms with E-state index in [9.17, 15) is 5.26 Å². The van der Waals surface area contributed by atoms with Crippen LogP contribution in [-0.4, -0.2) is 0 Å². The van der Waals surface area contributed by atoms with Crippen molar-refractivity contribution in [1.82, 2.24) is 0 Å². The molecule has 0 saturated heterocycles. The van der Waals surface area contributed by atoms with Crippen LogP contribution in [0.25, 0.3) is 60.5 Å². The van der Waals surface area contributed by atoms with E-state index in [4.69, 9.17) is 6.58 Å². The van der Waals surface area contributed by atoms with Gasteiger partial charge in [-0.3, -0.25) is 0 Å². The number of allylic oxidation sites excluding steroid dienone is 13. The van der Waals surface area contributed by atoms with Crippen molar-refractivity contribution in [3.63, 3.8) is 0 Å². The number of nitriles is 1. The molecule has 6 aromatic carbocycles. The molecule has 2 bridgehead atoms. The van der Waals surface area contributed by atoms with Crippen molar-refractivity contribution in [3.05, 3.63) is 208 Å². The summed E-state index contributed by atoms with van der Waals surface area (Å²) < 4.78 is 0. The van der Waals surface area contributed by atoms with Gasteiger partial charge >= 0.3 is 0 Å². The Labute approximate surface area is 356 Å². The minimum absolute atomic E-state index is 0.121. The molecule has 3 aliphatic rings. The Hall–Kier alpha value is -6.49. The lowest BCUT2D eigenvalue weighted by Gasteiger charge is -2.34. The molecule has 1 nitrogen and oxygen atoms in total. The van der Waals surface area contributed by atoms with Crippen molar-refractivity contribution >= 4 is 27.1 Å². The van der Waals surface area contributed by atoms with Crippen molar-refractivity contribution in [3.8, 4) is 39.4 Å². The highest BCUT2D eigenvalue weighted by atomic mass is 14.4. The van der Waals surface area contributed by atoms with E-state index in [-0.39, 0.29) is 11.8 Å². The summed E-state index contributed by atoms with van der Waals surface area (Å²) >= 11 is 0. The van der Waals surface area contributed by atoms with Gasteiger partial charge in [0.1, 0.15) is 0 Å². The van der Waals surface area contributed by atoms with E-state index in [0.29, 0.717) is 11.5 Å². The zero-order valence-corrected chi connectivity index (χ0v) is 35.6. The first-order chi connectivity index (χ1) is 29.3. The highest BCUT2D eigenvalue weighted by molar-refractivity contribution is 6.27. The van der Waals surface area contributed by atoms with Crippen LogP contribution >= 0.6 is 0 Å². The number of fused-ring (bicyclic) bond motifs is 9. The third-order valence-corrected chi connectivity index (χ3v) is 12.8. The summed E-state index contributed by atoms with van der Waals surface area (Å²) in [6.07, 6.45) is 22.6. The quantitative estimate of drug-likeness (QED) is 0.0814. The van der Waals surface area contributed by atoms with Gasteiger partial charge in [-0.15, -0.1) is 0 Å². The highest BCUT2D eigenvalue weighted by Gasteiger charge is 2.34. The van der Waals surface area contributed by atoms with Gasteiger partial charge in [0.05, 0.1) is 11.6 Å². The molecule has 60 heavy (non-hydrogen) atoms. The van der Waals surface area contributed by atoms with Crippen LogP contribution in [0.4, 0.5) is 0 Å². The maximum atomic E-state index is 9.42. The topological polar surface area (TPSA) is 23.8 Å². The molecule has 3 aliphatic carbocycles. The van der Waals surface area contributed by atoms with Crippen molar-refractivity contribution < 1.29 is 0 Å². The summed E-state index contributed by atoms with van der Waals surface area (Å²) in [5, 5.41) is 14.9. The summed E-state index contributed by atoms with van der Waals surface area (Å²) in [6, 6.07) is 39.9. The number of hydrogen-bond donors (Lipinski definition) is 0. The number of hydrogen-bond acceptors (Lipinski definition) is 1. The van der Waals surface area contributed by atoms with E-state index in [1.54, 1.807) is 0 Å². The second-order valence-electron chi connectivity index (χ2n) is 17.3. The molecule has 2 atom stereocenters. The van der Waals surface area contributed by atoms with E-state index >= 15 is 0 Å². The van der Waals surface area contributed by atoms with Crippen LogP contribution < -0.4 is 0 Å². The van der Waals surface area contributed by atoms with Gasteiger partial charge in [0.2, 0.25) is 0 Å². The van der Waals surface area contributed by atoms with E-state index in [2.05, 4.69) is 180 Å². The largest absolute Gasteiger partial charge is 0.192 e. The first-order valence-electron chi connectivity index (χ1n) is 21.8. The summed E-state index contributed by atoms with van der Waals surface area (Å²) in [5.74, 6) is 0.729. The van der Waals surface area contributed by atoms with Crippen molar-refractivity contribution in [1.29, 1.82) is 5.26 Å². The molecule has 2 unspecified atom stereocenters. The molecular weight excluding hydrogens is 723 g/mol. The molecule has 0 fully saturated rings. The van der Waals surface area contributed by atoms with Gasteiger partial charge in [-0.2, -0.15) is 5.26 Å². The van der Waals surface area contributed by atoms with Gasteiger partial charge < -0.3 is 0 Å². The average Bonchev–Trinajstić information content (AvgIpc) is 3.60. The summed E-state index contributed by atoms with van der Waals surface area (Å²) in [6.45, 7) is 16.3. The number of benzene rings is 6. The van der Waals surface area contributed by atoms with Crippen LogP contribution in [0.1, 0.15) is 93.5 Å². The monoisotopic (exact) mass is 775 g/mol. The maximum absolute atomic E-state index is 9.42. The molecule has 0 amide bonds. The fraction of sp³-hybridized carbons (Fsp3) is 0.203. The third kappa shape index (κ3) is 6.85. The zero-order valence-electron chi connectivity index (χ0n) is 35.6. The highest BCUT2D eigenvalue weighted by Crippen LogP contribution is 2.56. The minimum atomic E-state index is 0.121. The Kier molecular flexibility index (Phi) is 10.6. The Bertz CT molecular complexity index is 2930. The first-order valence-corrected chi connectivity index (χ1v) is 21.8. The molecular formula is C59H53N. The average molecular weight is 776 g/mol. The lowest BCUT2D eigenvalue weighted by molar-refractivity contribution is 0.776. The Morgan fingerprint density at radius 2 is 1.58 bits per heavy atom. The normalized spacial score (nSPS) is 18.0. The molecule has 0 saturated carbocycles. The van der Waals surface area contributed by atoms with Gasteiger partial charge in [0.25, 0.3) is 0 Å². The van der Waals surface area contributed by atoms with Crippen LogP contribution in [0.3, 0.4) is 0 Å². The molecule has 0 aromatic heterocycles. The van der Waals surface area contributed by atoms with Crippen molar-refractivity contribution in [2.75, 3.05) is 0 Å². The lowest BCUT2D eigenvalue weighted by atomic mass is 9.70. The van der Waals surface area contributed by atoms with Crippen molar-refractivity contribution in [2.45, 2.75) is 72.1 Å². The second-order valence-corrected chi connectivity index (χ2v) is 17.3. The number of nitrogens with zero attached hydrogens (tertiary/aromatic N) is 1. The van der Waals surface area contributed by atoms with Crippen molar-refractivity contribution in [2.24, 2.45) is 5.92 Å². The molecule has 0 heterocycles. The molecule has 0 N–H and O–H groups in total. The Morgan fingerprint density at radius 3 is 2.32 bits per heavy atom. The van der Waals surface area contributed by atoms with Crippen LogP contribution in [0.15, 0.2) is 181 Å². The van der Waals surface area contributed by atoms with Crippen LogP contribution in [0.5, 0.6) is 0 Å². The van der Waals surface area contributed by atoms with Crippen LogP contribution in [-0.2, 0) is 6.42 Å². The third-order valence-electron chi connectivity index (χ3n) is 12.8. The number of rotatable bonds is 9. The Balaban J connectivity index is 1.26. The van der Waals surface area contributed by atoms with E-state index in [0.717, 1.165) is 31.2 Å². The predicted octanol–water partition coefficient (Wildman–Crippen LogP) is 16.3. The fourth-order valence-electron chi connectivity index (χ4n) is 10.3. The SMILES string of the molecule is C=C1/C2=C\C=C/Cc3c(c(-c4ccccc4)c4c(cc5c6c(cccc64)-c4ccccc4-5)c3C(C)/C=C\CC)C1CC=C2C/C(C)=C\C(=C/C(C)C)c1ccc(C#N)cc1. The lowest BCUT2D eigenvalue weighted by Crippen LogP contribution is -2.16. The van der Waals surface area contributed by atoms with Gasteiger partial charge in [-0.1, -0.05) is 173 Å². The first kappa shape index (κ1) is 39.0. The fourth-order valence-corrected chi connectivity index (χ4v) is 10.3.